The first-order valence-corrected chi connectivity index (χ1v) is 4.01. The number of ether oxygens (including phenoxy) is 1. The van der Waals surface area contributed by atoms with Crippen LogP contribution in [0, 0.1) is 0 Å². The SMILES string of the molecule is CC(C)(C)OC(=O)NN[C@H](O)C(F)(F)F. The summed E-state index contributed by atoms with van der Waals surface area (Å²) >= 11 is 0. The van der Waals surface area contributed by atoms with Crippen LogP contribution >= 0.6 is 0 Å². The summed E-state index contributed by atoms with van der Waals surface area (Å²) in [5.74, 6) is 0. The van der Waals surface area contributed by atoms with Gasteiger partial charge in [-0.3, -0.25) is 5.43 Å². The molecule has 90 valence electrons. The minimum Gasteiger partial charge on any atom is -0.443 e. The second-order valence-electron chi connectivity index (χ2n) is 3.72. The van der Waals surface area contributed by atoms with Crippen molar-refractivity contribution in [1.29, 1.82) is 0 Å². The van der Waals surface area contributed by atoms with Gasteiger partial charge in [-0.05, 0) is 20.8 Å². The van der Waals surface area contributed by atoms with Crippen molar-refractivity contribution >= 4 is 6.09 Å². The molecule has 0 radical (unpaired) electrons. The third-order valence-corrected chi connectivity index (χ3v) is 1.02. The van der Waals surface area contributed by atoms with Crippen molar-refractivity contribution in [3.8, 4) is 0 Å². The third kappa shape index (κ3) is 6.97. The van der Waals surface area contributed by atoms with Gasteiger partial charge in [-0.2, -0.15) is 18.6 Å². The van der Waals surface area contributed by atoms with Crippen LogP contribution in [0.25, 0.3) is 0 Å². The van der Waals surface area contributed by atoms with Crippen molar-refractivity contribution in [3.05, 3.63) is 0 Å². The molecule has 0 rings (SSSR count). The van der Waals surface area contributed by atoms with E-state index in [-0.39, 0.29) is 0 Å². The minimum atomic E-state index is -4.85. The summed E-state index contributed by atoms with van der Waals surface area (Å²) in [7, 11) is 0. The largest absolute Gasteiger partial charge is 0.443 e. The van der Waals surface area contributed by atoms with E-state index in [1.165, 1.54) is 5.43 Å². The molecule has 0 aromatic heterocycles. The minimum absolute atomic E-state index is 0.824. The van der Waals surface area contributed by atoms with Gasteiger partial charge in [-0.15, -0.1) is 0 Å². The predicted octanol–water partition coefficient (Wildman–Crippen LogP) is 0.896. The van der Waals surface area contributed by atoms with E-state index in [0.717, 1.165) is 0 Å². The number of hydrogen-bond acceptors (Lipinski definition) is 4. The van der Waals surface area contributed by atoms with Gasteiger partial charge in [-0.25, -0.2) is 4.79 Å². The third-order valence-electron chi connectivity index (χ3n) is 1.02. The van der Waals surface area contributed by atoms with Gasteiger partial charge < -0.3 is 9.84 Å². The standard InChI is InChI=1S/C7H13F3N2O3/c1-6(2,3)15-5(14)12-11-4(13)7(8,9)10/h4,11,13H,1-3H3,(H,12,14)/t4-/m1/s1. The van der Waals surface area contributed by atoms with E-state index in [1.54, 1.807) is 26.2 Å². The summed E-state index contributed by atoms with van der Waals surface area (Å²) in [6.45, 7) is 4.65. The number of nitrogens with one attached hydrogen (secondary N) is 2. The second-order valence-corrected chi connectivity index (χ2v) is 3.72. The molecule has 0 aromatic rings. The van der Waals surface area contributed by atoms with Crippen LogP contribution in [-0.2, 0) is 4.74 Å². The molecule has 0 bridgehead atoms. The van der Waals surface area contributed by atoms with E-state index in [1.807, 2.05) is 0 Å². The van der Waals surface area contributed by atoms with E-state index in [4.69, 9.17) is 5.11 Å². The van der Waals surface area contributed by atoms with E-state index >= 15 is 0 Å². The summed E-state index contributed by atoms with van der Waals surface area (Å²) in [5.41, 5.74) is 2.09. The van der Waals surface area contributed by atoms with Crippen molar-refractivity contribution < 1.29 is 27.8 Å². The van der Waals surface area contributed by atoms with Crippen LogP contribution < -0.4 is 10.9 Å². The predicted molar refractivity (Wildman–Crippen MR) is 44.6 cm³/mol. The van der Waals surface area contributed by atoms with Gasteiger partial charge in [0.15, 0.2) is 0 Å². The lowest BCUT2D eigenvalue weighted by Gasteiger charge is -2.21. The number of aliphatic hydroxyl groups excluding tert-OH is 1. The number of hydrazine groups is 1. The topological polar surface area (TPSA) is 70.6 Å². The molecular formula is C7H13F3N2O3. The molecule has 8 heteroatoms. The zero-order valence-corrected chi connectivity index (χ0v) is 8.47. The molecule has 1 atom stereocenters. The van der Waals surface area contributed by atoms with Gasteiger partial charge in [0.1, 0.15) is 5.60 Å². The maximum atomic E-state index is 11.7. The molecular weight excluding hydrogens is 217 g/mol. The summed E-state index contributed by atoms with van der Waals surface area (Å²) < 4.78 is 39.8. The van der Waals surface area contributed by atoms with Crippen LogP contribution in [0.5, 0.6) is 0 Å². The van der Waals surface area contributed by atoms with Crippen LogP contribution in [-0.4, -0.2) is 29.2 Å². The zero-order valence-electron chi connectivity index (χ0n) is 8.47. The number of amides is 1. The van der Waals surface area contributed by atoms with E-state index in [2.05, 4.69) is 4.74 Å². The number of aliphatic hydroxyl groups is 1. The molecule has 15 heavy (non-hydrogen) atoms. The van der Waals surface area contributed by atoms with Crippen molar-refractivity contribution in [2.75, 3.05) is 0 Å². The molecule has 5 nitrogen and oxygen atoms in total. The Balaban J connectivity index is 3.92. The van der Waals surface area contributed by atoms with Gasteiger partial charge in [0.25, 0.3) is 0 Å². The number of halogens is 3. The Kier molecular flexibility index (Phi) is 4.35. The van der Waals surface area contributed by atoms with Crippen LogP contribution in [0.1, 0.15) is 20.8 Å². The Labute approximate surface area is 84.6 Å². The fraction of sp³-hybridized carbons (Fsp3) is 0.857. The van der Waals surface area contributed by atoms with Crippen LogP contribution in [0.15, 0.2) is 0 Å². The molecule has 0 fully saturated rings. The van der Waals surface area contributed by atoms with Gasteiger partial charge in [0, 0.05) is 0 Å². The smallest absolute Gasteiger partial charge is 0.429 e. The zero-order chi connectivity index (χ0) is 12.3. The van der Waals surface area contributed by atoms with Crippen molar-refractivity contribution in [3.63, 3.8) is 0 Å². The highest BCUT2D eigenvalue weighted by Gasteiger charge is 2.38. The monoisotopic (exact) mass is 230 g/mol. The van der Waals surface area contributed by atoms with Gasteiger partial charge >= 0.3 is 12.3 Å². The lowest BCUT2D eigenvalue weighted by molar-refractivity contribution is -0.216. The molecule has 0 heterocycles. The Bertz CT molecular complexity index is 225. The summed E-state index contributed by atoms with van der Waals surface area (Å²) in [6.07, 6.45) is -8.79. The number of alkyl halides is 3. The van der Waals surface area contributed by atoms with Crippen molar-refractivity contribution in [2.24, 2.45) is 0 Å². The van der Waals surface area contributed by atoms with E-state index in [9.17, 15) is 18.0 Å². The lowest BCUT2D eigenvalue weighted by Crippen LogP contribution is -2.52. The van der Waals surface area contributed by atoms with E-state index in [0.29, 0.717) is 0 Å². The Morgan fingerprint density at radius 1 is 1.33 bits per heavy atom. The van der Waals surface area contributed by atoms with Crippen LogP contribution in [0.2, 0.25) is 0 Å². The Hall–Kier alpha value is -1.02. The molecule has 3 N–H and O–H groups in total. The quantitative estimate of drug-likeness (QED) is 0.487. The van der Waals surface area contributed by atoms with Crippen LogP contribution in [0.4, 0.5) is 18.0 Å². The van der Waals surface area contributed by atoms with Crippen molar-refractivity contribution in [1.82, 2.24) is 10.9 Å². The highest BCUT2D eigenvalue weighted by Crippen LogP contribution is 2.17. The fourth-order valence-electron chi connectivity index (χ4n) is 0.513. The summed E-state index contributed by atoms with van der Waals surface area (Å²) in [6, 6.07) is 0. The molecule has 1 amide bonds. The average Bonchev–Trinajstić information content (AvgIpc) is 1.94. The average molecular weight is 230 g/mol. The maximum Gasteiger partial charge on any atom is 0.429 e. The molecule has 0 unspecified atom stereocenters. The maximum absolute atomic E-state index is 11.7. The highest BCUT2D eigenvalue weighted by atomic mass is 19.4. The van der Waals surface area contributed by atoms with Gasteiger partial charge in [0.2, 0.25) is 6.23 Å². The summed E-state index contributed by atoms with van der Waals surface area (Å²) in [4.78, 5) is 10.8. The second kappa shape index (κ2) is 4.67. The molecule has 0 aliphatic heterocycles. The van der Waals surface area contributed by atoms with Gasteiger partial charge in [-0.1, -0.05) is 0 Å². The Morgan fingerprint density at radius 2 is 1.80 bits per heavy atom. The Morgan fingerprint density at radius 3 is 2.13 bits per heavy atom. The molecule has 0 aliphatic carbocycles. The number of carbonyl (C=O) groups is 1. The van der Waals surface area contributed by atoms with Crippen LogP contribution in [0.3, 0.4) is 0 Å². The first kappa shape index (κ1) is 14.0. The fourth-order valence-corrected chi connectivity index (χ4v) is 0.513. The first-order chi connectivity index (χ1) is 6.52. The highest BCUT2D eigenvalue weighted by molar-refractivity contribution is 5.66. The normalized spacial score (nSPS) is 14.6. The van der Waals surface area contributed by atoms with Gasteiger partial charge in [0.05, 0.1) is 0 Å². The first-order valence-electron chi connectivity index (χ1n) is 4.01. The number of hydrogen-bond donors (Lipinski definition) is 3. The van der Waals surface area contributed by atoms with Crippen molar-refractivity contribution in [2.45, 2.75) is 38.8 Å². The summed E-state index contributed by atoms with van der Waals surface area (Å²) in [5, 5.41) is 8.43. The lowest BCUT2D eigenvalue weighted by atomic mass is 10.2. The number of rotatable bonds is 2. The molecule has 0 saturated heterocycles. The molecule has 0 aromatic carbocycles. The molecule has 0 saturated carbocycles. The van der Waals surface area contributed by atoms with E-state index < -0.39 is 24.1 Å². The number of carbonyl (C=O) groups excluding carboxylic acids is 1. The molecule has 0 spiro atoms. The molecule has 0 aliphatic rings.